The standard InChI is InChI=1S/C17H26FNO4/c1-4-22-16(21)8-6-12-5-7-15(13(18)10-12)23-17(19)14(20)9-11(2)3/h5,7,10-11,14,17,20H,4,6,8-9,19H2,1-3H3. The van der Waals surface area contributed by atoms with Crippen LogP contribution in [-0.4, -0.2) is 30.0 Å². The average Bonchev–Trinajstić information content (AvgIpc) is 2.47. The van der Waals surface area contributed by atoms with Gasteiger partial charge in [0, 0.05) is 6.42 Å². The third-order valence-electron chi connectivity index (χ3n) is 3.27. The van der Waals surface area contributed by atoms with Gasteiger partial charge in [-0.1, -0.05) is 19.9 Å². The van der Waals surface area contributed by atoms with Crippen LogP contribution in [0.1, 0.15) is 39.2 Å². The minimum atomic E-state index is -0.989. The molecule has 0 radical (unpaired) electrons. The molecule has 0 aromatic heterocycles. The Morgan fingerprint density at radius 2 is 2.09 bits per heavy atom. The number of halogens is 1. The van der Waals surface area contributed by atoms with Gasteiger partial charge in [-0.2, -0.15) is 0 Å². The zero-order valence-corrected chi connectivity index (χ0v) is 13.9. The van der Waals surface area contributed by atoms with Crippen LogP contribution in [-0.2, 0) is 16.0 Å². The highest BCUT2D eigenvalue weighted by Crippen LogP contribution is 2.21. The van der Waals surface area contributed by atoms with Crippen LogP contribution in [0.3, 0.4) is 0 Å². The number of esters is 1. The van der Waals surface area contributed by atoms with E-state index in [0.717, 1.165) is 0 Å². The first-order valence-electron chi connectivity index (χ1n) is 7.87. The number of carbonyl (C=O) groups excluding carboxylic acids is 1. The van der Waals surface area contributed by atoms with Gasteiger partial charge in [-0.3, -0.25) is 10.5 Å². The van der Waals surface area contributed by atoms with Crippen LogP contribution < -0.4 is 10.5 Å². The molecule has 0 bridgehead atoms. The summed E-state index contributed by atoms with van der Waals surface area (Å²) in [6, 6.07) is 4.42. The smallest absolute Gasteiger partial charge is 0.306 e. The Labute approximate surface area is 136 Å². The largest absolute Gasteiger partial charge is 0.470 e. The highest BCUT2D eigenvalue weighted by atomic mass is 19.1. The third-order valence-corrected chi connectivity index (χ3v) is 3.27. The number of rotatable bonds is 9. The lowest BCUT2D eigenvalue weighted by atomic mass is 10.1. The van der Waals surface area contributed by atoms with Gasteiger partial charge in [-0.25, -0.2) is 4.39 Å². The van der Waals surface area contributed by atoms with Crippen LogP contribution in [0.5, 0.6) is 5.75 Å². The molecule has 1 rings (SSSR count). The highest BCUT2D eigenvalue weighted by Gasteiger charge is 2.19. The maximum atomic E-state index is 14.0. The zero-order valence-electron chi connectivity index (χ0n) is 13.9. The number of nitrogens with two attached hydrogens (primary N) is 1. The van der Waals surface area contributed by atoms with E-state index in [1.54, 1.807) is 13.0 Å². The number of carbonyl (C=O) groups is 1. The van der Waals surface area contributed by atoms with Crippen molar-refractivity contribution in [2.45, 2.75) is 52.4 Å². The number of hydrogen-bond donors (Lipinski definition) is 2. The molecule has 2 unspecified atom stereocenters. The molecule has 1 aromatic carbocycles. The number of aliphatic hydroxyl groups is 1. The summed E-state index contributed by atoms with van der Waals surface area (Å²) in [5.41, 5.74) is 6.40. The predicted octanol–water partition coefficient (Wildman–Crippen LogP) is 2.39. The summed E-state index contributed by atoms with van der Waals surface area (Å²) in [6.45, 7) is 5.97. The number of hydrogen-bond acceptors (Lipinski definition) is 5. The molecular weight excluding hydrogens is 301 g/mol. The minimum absolute atomic E-state index is 0.0137. The molecule has 0 saturated heterocycles. The summed E-state index contributed by atoms with van der Waals surface area (Å²) in [7, 11) is 0. The summed E-state index contributed by atoms with van der Waals surface area (Å²) in [5.74, 6) is -0.638. The molecule has 0 aliphatic carbocycles. The van der Waals surface area contributed by atoms with Crippen LogP contribution in [0.25, 0.3) is 0 Å². The van der Waals surface area contributed by atoms with Crippen molar-refractivity contribution in [1.82, 2.24) is 0 Å². The molecule has 0 fully saturated rings. The van der Waals surface area contributed by atoms with Gasteiger partial charge < -0.3 is 14.6 Å². The molecular formula is C17H26FNO4. The Morgan fingerprint density at radius 3 is 2.65 bits per heavy atom. The molecule has 1 aromatic rings. The van der Waals surface area contributed by atoms with E-state index in [-0.39, 0.29) is 24.1 Å². The summed E-state index contributed by atoms with van der Waals surface area (Å²) < 4.78 is 24.1. The van der Waals surface area contributed by atoms with Crippen molar-refractivity contribution in [2.24, 2.45) is 11.7 Å². The van der Waals surface area contributed by atoms with Gasteiger partial charge in [-0.15, -0.1) is 0 Å². The maximum Gasteiger partial charge on any atom is 0.306 e. The molecule has 2 atom stereocenters. The summed E-state index contributed by atoms with van der Waals surface area (Å²) in [5, 5.41) is 9.87. The third kappa shape index (κ3) is 6.97. The van der Waals surface area contributed by atoms with Gasteiger partial charge in [0.1, 0.15) is 6.10 Å². The Hall–Kier alpha value is -1.66. The second-order valence-corrected chi connectivity index (χ2v) is 5.85. The second-order valence-electron chi connectivity index (χ2n) is 5.85. The molecule has 0 heterocycles. The normalized spacial score (nSPS) is 13.7. The number of benzene rings is 1. The lowest BCUT2D eigenvalue weighted by molar-refractivity contribution is -0.143. The fourth-order valence-corrected chi connectivity index (χ4v) is 2.12. The zero-order chi connectivity index (χ0) is 17.4. The van der Waals surface area contributed by atoms with Gasteiger partial charge >= 0.3 is 5.97 Å². The van der Waals surface area contributed by atoms with Gasteiger partial charge in [-0.05, 0) is 43.4 Å². The van der Waals surface area contributed by atoms with E-state index in [2.05, 4.69) is 0 Å². The summed E-state index contributed by atoms with van der Waals surface area (Å²) in [6.07, 6.45) is -0.798. The van der Waals surface area contributed by atoms with Crippen LogP contribution in [0.15, 0.2) is 18.2 Å². The molecule has 0 amide bonds. The fourth-order valence-electron chi connectivity index (χ4n) is 2.12. The van der Waals surface area contributed by atoms with Crippen LogP contribution in [0.4, 0.5) is 4.39 Å². The molecule has 5 nitrogen and oxygen atoms in total. The molecule has 130 valence electrons. The van der Waals surface area contributed by atoms with Crippen molar-refractivity contribution >= 4 is 5.97 Å². The minimum Gasteiger partial charge on any atom is -0.470 e. The first-order valence-corrected chi connectivity index (χ1v) is 7.87. The van der Waals surface area contributed by atoms with E-state index in [0.29, 0.717) is 25.0 Å². The topological polar surface area (TPSA) is 81.8 Å². The quantitative estimate of drug-likeness (QED) is 0.537. The van der Waals surface area contributed by atoms with Gasteiger partial charge in [0.05, 0.1) is 6.61 Å². The van der Waals surface area contributed by atoms with Crippen molar-refractivity contribution in [1.29, 1.82) is 0 Å². The predicted molar refractivity (Wildman–Crippen MR) is 85.4 cm³/mol. The molecule has 0 saturated carbocycles. The number of aryl methyl sites for hydroxylation is 1. The Kier molecular flexibility index (Phi) is 7.98. The van der Waals surface area contributed by atoms with Gasteiger partial charge in [0.2, 0.25) is 0 Å². The molecule has 0 aliphatic rings. The number of aliphatic hydroxyl groups excluding tert-OH is 1. The van der Waals surface area contributed by atoms with Crippen LogP contribution in [0.2, 0.25) is 0 Å². The second kappa shape index (κ2) is 9.47. The van der Waals surface area contributed by atoms with Crippen molar-refractivity contribution in [3.8, 4) is 5.75 Å². The fraction of sp³-hybridized carbons (Fsp3) is 0.588. The first-order chi connectivity index (χ1) is 10.8. The van der Waals surface area contributed by atoms with E-state index in [4.69, 9.17) is 15.2 Å². The van der Waals surface area contributed by atoms with Crippen molar-refractivity contribution in [3.63, 3.8) is 0 Å². The Bertz CT molecular complexity index is 507. The monoisotopic (exact) mass is 327 g/mol. The lowest BCUT2D eigenvalue weighted by Crippen LogP contribution is -2.40. The van der Waals surface area contributed by atoms with E-state index in [9.17, 15) is 14.3 Å². The first kappa shape index (κ1) is 19.4. The maximum absolute atomic E-state index is 14.0. The Morgan fingerprint density at radius 1 is 1.39 bits per heavy atom. The lowest BCUT2D eigenvalue weighted by Gasteiger charge is -2.22. The molecule has 3 N–H and O–H groups in total. The van der Waals surface area contributed by atoms with Crippen LogP contribution in [0, 0.1) is 11.7 Å². The Balaban J connectivity index is 2.60. The van der Waals surface area contributed by atoms with Crippen molar-refractivity contribution < 1.29 is 23.8 Å². The van der Waals surface area contributed by atoms with E-state index in [1.165, 1.54) is 12.1 Å². The van der Waals surface area contributed by atoms with E-state index < -0.39 is 18.1 Å². The average molecular weight is 327 g/mol. The molecule has 6 heteroatoms. The van der Waals surface area contributed by atoms with Crippen molar-refractivity contribution in [2.75, 3.05) is 6.61 Å². The van der Waals surface area contributed by atoms with Crippen LogP contribution >= 0.6 is 0 Å². The van der Waals surface area contributed by atoms with Crippen molar-refractivity contribution in [3.05, 3.63) is 29.6 Å². The highest BCUT2D eigenvalue weighted by molar-refractivity contribution is 5.69. The summed E-state index contributed by atoms with van der Waals surface area (Å²) in [4.78, 5) is 11.3. The number of ether oxygens (including phenoxy) is 2. The SMILES string of the molecule is CCOC(=O)CCc1ccc(OC(N)C(O)CC(C)C)c(F)c1. The molecule has 23 heavy (non-hydrogen) atoms. The van der Waals surface area contributed by atoms with E-state index >= 15 is 0 Å². The van der Waals surface area contributed by atoms with Gasteiger partial charge in [0.25, 0.3) is 0 Å². The van der Waals surface area contributed by atoms with E-state index in [1.807, 2.05) is 13.8 Å². The summed E-state index contributed by atoms with van der Waals surface area (Å²) >= 11 is 0. The molecule has 0 spiro atoms. The van der Waals surface area contributed by atoms with Gasteiger partial charge in [0.15, 0.2) is 17.8 Å². The molecule has 0 aliphatic heterocycles.